The summed E-state index contributed by atoms with van der Waals surface area (Å²) in [6.07, 6.45) is 0. The minimum Gasteiger partial charge on any atom is -0.465 e. The molecule has 2 nitrogen and oxygen atoms in total. The second kappa shape index (κ2) is 5.57. The van der Waals surface area contributed by atoms with Crippen LogP contribution in [0.5, 0.6) is 0 Å². The predicted molar refractivity (Wildman–Crippen MR) is 79.4 cm³/mol. The number of benzene rings is 1. The minimum atomic E-state index is -0.590. The van der Waals surface area contributed by atoms with E-state index >= 15 is 0 Å². The summed E-state index contributed by atoms with van der Waals surface area (Å²) in [6, 6.07) is 14.3. The molecule has 0 amide bonds. The fourth-order valence-corrected chi connectivity index (χ4v) is 2.94. The quantitative estimate of drug-likeness (QED) is 0.779. The van der Waals surface area contributed by atoms with E-state index < -0.39 is 5.41 Å². The molecule has 0 aliphatic heterocycles. The lowest BCUT2D eigenvalue weighted by atomic mass is 9.92. The third-order valence-corrected chi connectivity index (χ3v) is 4.52. The van der Waals surface area contributed by atoms with Crippen LogP contribution < -0.4 is 0 Å². The molecule has 0 saturated heterocycles. The number of ether oxygens (including phenoxy) is 1. The number of carbonyl (C=O) groups excluding carboxylic acids is 1. The molecule has 0 bridgehead atoms. The Bertz CT molecular complexity index is 555. The monoisotopic (exact) mass is 274 g/mol. The molecule has 0 spiro atoms. The lowest BCUT2D eigenvalue weighted by molar-refractivity contribution is -0.148. The average molecular weight is 274 g/mol. The molecule has 0 unspecified atom stereocenters. The Morgan fingerprint density at radius 1 is 1.16 bits per heavy atom. The van der Waals surface area contributed by atoms with Crippen molar-refractivity contribution in [3.63, 3.8) is 0 Å². The predicted octanol–water partition coefficient (Wildman–Crippen LogP) is 4.26. The molecule has 0 radical (unpaired) electrons. The van der Waals surface area contributed by atoms with Crippen molar-refractivity contribution in [3.8, 4) is 10.4 Å². The van der Waals surface area contributed by atoms with Gasteiger partial charge in [0.15, 0.2) is 0 Å². The number of esters is 1. The topological polar surface area (TPSA) is 26.3 Å². The highest BCUT2D eigenvalue weighted by Gasteiger charge is 2.32. The first-order chi connectivity index (χ1) is 9.05. The fourth-order valence-electron chi connectivity index (χ4n) is 1.84. The Balaban J connectivity index is 2.28. The normalized spacial score (nSPS) is 11.3. The molecule has 1 heterocycles. The van der Waals surface area contributed by atoms with Crippen LogP contribution >= 0.6 is 11.3 Å². The second-order valence-corrected chi connectivity index (χ2v) is 5.96. The standard InChI is InChI=1S/C16H18O2S/c1-4-18-15(17)16(2,3)14-11-10-13(19-14)12-8-6-5-7-9-12/h5-11H,4H2,1-3H3. The zero-order valence-electron chi connectivity index (χ0n) is 11.5. The van der Waals surface area contributed by atoms with Crippen molar-refractivity contribution < 1.29 is 9.53 Å². The fraction of sp³-hybridized carbons (Fsp3) is 0.312. The molecule has 0 aliphatic carbocycles. The molecular weight excluding hydrogens is 256 g/mol. The SMILES string of the molecule is CCOC(=O)C(C)(C)c1ccc(-c2ccccc2)s1. The van der Waals surface area contributed by atoms with Crippen LogP contribution in [-0.2, 0) is 14.9 Å². The van der Waals surface area contributed by atoms with Gasteiger partial charge in [-0.15, -0.1) is 11.3 Å². The highest BCUT2D eigenvalue weighted by atomic mass is 32.1. The largest absolute Gasteiger partial charge is 0.465 e. The maximum Gasteiger partial charge on any atom is 0.316 e. The zero-order valence-corrected chi connectivity index (χ0v) is 12.3. The molecule has 1 aromatic carbocycles. The Kier molecular flexibility index (Phi) is 4.05. The maximum absolute atomic E-state index is 12.0. The molecule has 1 aromatic heterocycles. The Morgan fingerprint density at radius 2 is 1.84 bits per heavy atom. The van der Waals surface area contributed by atoms with E-state index in [0.717, 1.165) is 4.88 Å². The van der Waals surface area contributed by atoms with Gasteiger partial charge in [-0.1, -0.05) is 30.3 Å². The lowest BCUT2D eigenvalue weighted by Gasteiger charge is -2.20. The van der Waals surface area contributed by atoms with E-state index in [1.807, 2.05) is 45.0 Å². The Hall–Kier alpha value is -1.61. The highest BCUT2D eigenvalue weighted by Crippen LogP contribution is 2.35. The van der Waals surface area contributed by atoms with Gasteiger partial charge in [0, 0.05) is 9.75 Å². The van der Waals surface area contributed by atoms with Crippen molar-refractivity contribution in [1.29, 1.82) is 0 Å². The molecule has 19 heavy (non-hydrogen) atoms. The summed E-state index contributed by atoms with van der Waals surface area (Å²) in [4.78, 5) is 14.2. The first-order valence-electron chi connectivity index (χ1n) is 6.38. The smallest absolute Gasteiger partial charge is 0.316 e. The summed E-state index contributed by atoms with van der Waals surface area (Å²) in [5, 5.41) is 0. The van der Waals surface area contributed by atoms with E-state index in [9.17, 15) is 4.79 Å². The summed E-state index contributed by atoms with van der Waals surface area (Å²) in [5.74, 6) is -0.170. The third kappa shape index (κ3) is 2.87. The van der Waals surface area contributed by atoms with Crippen molar-refractivity contribution in [2.75, 3.05) is 6.61 Å². The maximum atomic E-state index is 12.0. The van der Waals surface area contributed by atoms with Gasteiger partial charge in [0.2, 0.25) is 0 Å². The van der Waals surface area contributed by atoms with Crippen LogP contribution in [0.3, 0.4) is 0 Å². The van der Waals surface area contributed by atoms with E-state index in [-0.39, 0.29) is 5.97 Å². The first-order valence-corrected chi connectivity index (χ1v) is 7.20. The highest BCUT2D eigenvalue weighted by molar-refractivity contribution is 7.15. The van der Waals surface area contributed by atoms with Gasteiger partial charge in [0.25, 0.3) is 0 Å². The number of rotatable bonds is 4. The van der Waals surface area contributed by atoms with Crippen molar-refractivity contribution in [2.45, 2.75) is 26.2 Å². The lowest BCUT2D eigenvalue weighted by Crippen LogP contribution is -2.30. The van der Waals surface area contributed by atoms with Crippen LogP contribution in [0.25, 0.3) is 10.4 Å². The summed E-state index contributed by atoms with van der Waals surface area (Å²) in [6.45, 7) is 6.06. The van der Waals surface area contributed by atoms with Crippen LogP contribution in [0.2, 0.25) is 0 Å². The Labute approximate surface area is 118 Å². The van der Waals surface area contributed by atoms with Gasteiger partial charge in [-0.2, -0.15) is 0 Å². The number of hydrogen-bond donors (Lipinski definition) is 0. The first kappa shape index (κ1) is 13.8. The summed E-state index contributed by atoms with van der Waals surface area (Å²) < 4.78 is 5.14. The van der Waals surface area contributed by atoms with E-state index in [4.69, 9.17) is 4.74 Å². The minimum absolute atomic E-state index is 0.170. The van der Waals surface area contributed by atoms with Gasteiger partial charge in [-0.25, -0.2) is 0 Å². The molecule has 0 N–H and O–H groups in total. The Morgan fingerprint density at radius 3 is 2.47 bits per heavy atom. The molecule has 0 fully saturated rings. The molecule has 2 aromatic rings. The van der Waals surface area contributed by atoms with Gasteiger partial charge in [-0.05, 0) is 38.5 Å². The van der Waals surface area contributed by atoms with Crippen LogP contribution in [0.15, 0.2) is 42.5 Å². The van der Waals surface area contributed by atoms with Crippen LogP contribution in [0.1, 0.15) is 25.6 Å². The van der Waals surface area contributed by atoms with Gasteiger partial charge in [0.05, 0.1) is 12.0 Å². The number of thiophene rings is 1. The number of carbonyl (C=O) groups is 1. The van der Waals surface area contributed by atoms with Crippen LogP contribution in [0, 0.1) is 0 Å². The van der Waals surface area contributed by atoms with Crippen molar-refractivity contribution in [1.82, 2.24) is 0 Å². The molecule has 0 atom stereocenters. The van der Waals surface area contributed by atoms with E-state index in [0.29, 0.717) is 6.61 Å². The third-order valence-electron chi connectivity index (χ3n) is 3.07. The van der Waals surface area contributed by atoms with Gasteiger partial charge < -0.3 is 4.74 Å². The van der Waals surface area contributed by atoms with Crippen LogP contribution in [0.4, 0.5) is 0 Å². The summed E-state index contributed by atoms with van der Waals surface area (Å²) >= 11 is 1.65. The molecular formula is C16H18O2S. The second-order valence-electron chi connectivity index (χ2n) is 4.88. The average Bonchev–Trinajstić information content (AvgIpc) is 2.90. The van der Waals surface area contributed by atoms with E-state index in [2.05, 4.69) is 18.2 Å². The molecule has 3 heteroatoms. The number of hydrogen-bond acceptors (Lipinski definition) is 3. The van der Waals surface area contributed by atoms with E-state index in [1.165, 1.54) is 10.4 Å². The summed E-state index contributed by atoms with van der Waals surface area (Å²) in [5.41, 5.74) is 0.590. The van der Waals surface area contributed by atoms with Crippen LogP contribution in [-0.4, -0.2) is 12.6 Å². The van der Waals surface area contributed by atoms with Crippen molar-refractivity contribution in [3.05, 3.63) is 47.3 Å². The van der Waals surface area contributed by atoms with Gasteiger partial charge >= 0.3 is 5.97 Å². The zero-order chi connectivity index (χ0) is 13.9. The molecule has 2 rings (SSSR count). The molecule has 100 valence electrons. The molecule has 0 saturated carbocycles. The van der Waals surface area contributed by atoms with Crippen molar-refractivity contribution in [2.24, 2.45) is 0 Å². The van der Waals surface area contributed by atoms with Gasteiger partial charge in [0.1, 0.15) is 0 Å². The van der Waals surface area contributed by atoms with Gasteiger partial charge in [-0.3, -0.25) is 4.79 Å². The molecule has 0 aliphatic rings. The summed E-state index contributed by atoms with van der Waals surface area (Å²) in [7, 11) is 0. The van der Waals surface area contributed by atoms with Crippen molar-refractivity contribution >= 4 is 17.3 Å². The van der Waals surface area contributed by atoms with E-state index in [1.54, 1.807) is 11.3 Å².